The van der Waals surface area contributed by atoms with E-state index in [9.17, 15) is 19.2 Å². The van der Waals surface area contributed by atoms with E-state index < -0.39 is 23.7 Å². The number of esters is 1. The summed E-state index contributed by atoms with van der Waals surface area (Å²) in [6, 6.07) is 19.8. The molecule has 1 aliphatic heterocycles. The molecule has 1 heterocycles. The molecule has 4 rings (SSSR count). The number of amides is 3. The number of nitrogens with zero attached hydrogens (tertiary/aromatic N) is 1. The Morgan fingerprint density at radius 3 is 2.32 bits per heavy atom. The quantitative estimate of drug-likeness (QED) is 0.312. The number of ether oxygens (including phenoxy) is 1. The highest BCUT2D eigenvalue weighted by Crippen LogP contribution is 2.32. The second-order valence-corrected chi connectivity index (χ2v) is 8.67. The van der Waals surface area contributed by atoms with Crippen LogP contribution in [0.1, 0.15) is 39.6 Å². The van der Waals surface area contributed by atoms with Crippen LogP contribution < -0.4 is 15.5 Å². The molecule has 0 aliphatic carbocycles. The monoisotopic (exact) mass is 517 g/mol. The molecule has 1 aliphatic rings. The van der Waals surface area contributed by atoms with Crippen LogP contribution in [0, 0.1) is 6.92 Å². The number of rotatable bonds is 8. The van der Waals surface area contributed by atoms with Gasteiger partial charge in [-0.1, -0.05) is 42.8 Å². The van der Waals surface area contributed by atoms with Gasteiger partial charge < -0.3 is 15.4 Å². The van der Waals surface area contributed by atoms with Gasteiger partial charge in [-0.15, -0.1) is 0 Å². The molecule has 3 amide bonds. The fraction of sp³-hybridized carbons (Fsp3) is 0.143. The highest BCUT2D eigenvalue weighted by atomic mass is 35.5. The zero-order valence-corrected chi connectivity index (χ0v) is 21.0. The first-order valence-corrected chi connectivity index (χ1v) is 12.0. The molecule has 3 aromatic rings. The van der Waals surface area contributed by atoms with E-state index in [4.69, 9.17) is 16.3 Å². The number of aryl methyl sites for hydroxylation is 1. The van der Waals surface area contributed by atoms with Gasteiger partial charge in [0.15, 0.2) is 0 Å². The summed E-state index contributed by atoms with van der Waals surface area (Å²) in [6.07, 6.45) is 0.729. The number of hydrogen-bond acceptors (Lipinski definition) is 6. The summed E-state index contributed by atoms with van der Waals surface area (Å²) in [7, 11) is 0. The summed E-state index contributed by atoms with van der Waals surface area (Å²) < 4.78 is 5.10. The van der Waals surface area contributed by atoms with Gasteiger partial charge in [0.05, 0.1) is 17.9 Å². The highest BCUT2D eigenvalue weighted by Gasteiger charge is 2.39. The third-order valence-electron chi connectivity index (χ3n) is 5.59. The van der Waals surface area contributed by atoms with Gasteiger partial charge in [-0.2, -0.15) is 0 Å². The Morgan fingerprint density at radius 2 is 1.62 bits per heavy atom. The van der Waals surface area contributed by atoms with Crippen LogP contribution in [-0.4, -0.2) is 30.3 Å². The molecule has 0 bridgehead atoms. The Labute approximate surface area is 218 Å². The Hall–Kier alpha value is -4.43. The molecule has 0 saturated carbocycles. The van der Waals surface area contributed by atoms with Crippen molar-refractivity contribution >= 4 is 52.4 Å². The topological polar surface area (TPSA) is 105 Å². The maximum absolute atomic E-state index is 13.1. The number of nitrogens with one attached hydrogen (secondary N) is 2. The van der Waals surface area contributed by atoms with Gasteiger partial charge in [0.2, 0.25) is 0 Å². The van der Waals surface area contributed by atoms with Crippen molar-refractivity contribution in [3.05, 3.63) is 100 Å². The number of anilines is 3. The first-order chi connectivity index (χ1) is 17.8. The summed E-state index contributed by atoms with van der Waals surface area (Å²) in [5.41, 5.74) is 2.72. The SMILES string of the molecule is CCCOC(=O)c1ccc(NC(=O)c2cccc(NC3=C(Cl)C(=O)N(c4ccccc4C)C3=O)c2)cc1. The largest absolute Gasteiger partial charge is 0.462 e. The first kappa shape index (κ1) is 25.7. The predicted molar refractivity (Wildman–Crippen MR) is 142 cm³/mol. The third-order valence-corrected chi connectivity index (χ3v) is 5.94. The number of para-hydroxylation sites is 1. The number of halogens is 1. The third kappa shape index (κ3) is 5.54. The lowest BCUT2D eigenvalue weighted by atomic mass is 10.1. The zero-order valence-electron chi connectivity index (χ0n) is 20.2. The maximum Gasteiger partial charge on any atom is 0.338 e. The summed E-state index contributed by atoms with van der Waals surface area (Å²) in [5, 5.41) is 5.42. The number of imide groups is 1. The van der Waals surface area contributed by atoms with Gasteiger partial charge >= 0.3 is 5.97 Å². The number of carbonyl (C=O) groups is 4. The Morgan fingerprint density at radius 1 is 0.892 bits per heavy atom. The van der Waals surface area contributed by atoms with E-state index in [0.717, 1.165) is 16.9 Å². The van der Waals surface area contributed by atoms with E-state index in [1.807, 2.05) is 13.0 Å². The van der Waals surface area contributed by atoms with Crippen LogP contribution in [0.25, 0.3) is 0 Å². The molecule has 37 heavy (non-hydrogen) atoms. The van der Waals surface area contributed by atoms with E-state index in [0.29, 0.717) is 34.8 Å². The van der Waals surface area contributed by atoms with Crippen LogP contribution in [0.2, 0.25) is 0 Å². The van der Waals surface area contributed by atoms with Crippen molar-refractivity contribution < 1.29 is 23.9 Å². The second kappa shape index (κ2) is 11.1. The van der Waals surface area contributed by atoms with Crippen LogP contribution in [-0.2, 0) is 14.3 Å². The Kier molecular flexibility index (Phi) is 7.69. The van der Waals surface area contributed by atoms with Crippen LogP contribution >= 0.6 is 11.6 Å². The molecule has 0 radical (unpaired) electrons. The fourth-order valence-corrected chi connectivity index (χ4v) is 3.91. The molecule has 8 nitrogen and oxygen atoms in total. The first-order valence-electron chi connectivity index (χ1n) is 11.6. The van der Waals surface area contributed by atoms with Gasteiger partial charge in [0.25, 0.3) is 17.7 Å². The van der Waals surface area contributed by atoms with Crippen molar-refractivity contribution in [1.82, 2.24) is 0 Å². The molecule has 0 unspecified atom stereocenters. The van der Waals surface area contributed by atoms with Gasteiger partial charge in [-0.05, 0) is 67.4 Å². The Bertz CT molecular complexity index is 1420. The molecule has 0 spiro atoms. The molecule has 188 valence electrons. The molecule has 0 fully saturated rings. The molecule has 0 aromatic heterocycles. The minimum Gasteiger partial charge on any atom is -0.462 e. The normalized spacial score (nSPS) is 13.1. The van der Waals surface area contributed by atoms with Crippen molar-refractivity contribution in [2.24, 2.45) is 0 Å². The van der Waals surface area contributed by atoms with Crippen LogP contribution in [0.4, 0.5) is 17.1 Å². The van der Waals surface area contributed by atoms with E-state index in [-0.39, 0.29) is 10.7 Å². The summed E-state index contributed by atoms with van der Waals surface area (Å²) >= 11 is 6.24. The van der Waals surface area contributed by atoms with Crippen LogP contribution in [0.15, 0.2) is 83.5 Å². The second-order valence-electron chi connectivity index (χ2n) is 8.29. The smallest absolute Gasteiger partial charge is 0.338 e. The summed E-state index contributed by atoms with van der Waals surface area (Å²) in [5.74, 6) is -2.04. The van der Waals surface area contributed by atoms with Gasteiger partial charge in [-0.25, -0.2) is 9.69 Å². The zero-order chi connectivity index (χ0) is 26.5. The Balaban J connectivity index is 1.46. The van der Waals surface area contributed by atoms with Crippen molar-refractivity contribution in [3.8, 4) is 0 Å². The van der Waals surface area contributed by atoms with Crippen molar-refractivity contribution in [2.75, 3.05) is 22.1 Å². The molecule has 3 aromatic carbocycles. The van der Waals surface area contributed by atoms with E-state index in [2.05, 4.69) is 10.6 Å². The number of carbonyl (C=O) groups excluding carboxylic acids is 4. The van der Waals surface area contributed by atoms with Crippen molar-refractivity contribution in [1.29, 1.82) is 0 Å². The molecule has 9 heteroatoms. The van der Waals surface area contributed by atoms with E-state index in [1.54, 1.807) is 67.6 Å². The highest BCUT2D eigenvalue weighted by molar-refractivity contribution is 6.53. The van der Waals surface area contributed by atoms with E-state index in [1.165, 1.54) is 6.07 Å². The van der Waals surface area contributed by atoms with E-state index >= 15 is 0 Å². The average Bonchev–Trinajstić information content (AvgIpc) is 3.11. The molecule has 0 atom stereocenters. The van der Waals surface area contributed by atoms with Gasteiger partial charge in [-0.3, -0.25) is 14.4 Å². The maximum atomic E-state index is 13.1. The molecule has 0 saturated heterocycles. The lowest BCUT2D eigenvalue weighted by molar-refractivity contribution is -0.120. The van der Waals surface area contributed by atoms with Crippen LogP contribution in [0.5, 0.6) is 0 Å². The van der Waals surface area contributed by atoms with Gasteiger partial charge in [0.1, 0.15) is 10.7 Å². The van der Waals surface area contributed by atoms with Gasteiger partial charge in [0, 0.05) is 16.9 Å². The lowest BCUT2D eigenvalue weighted by Gasteiger charge is -2.17. The summed E-state index contributed by atoms with van der Waals surface area (Å²) in [6.45, 7) is 4.05. The standard InChI is InChI=1S/C28H24ClN3O5/c1-3-15-37-28(36)18-11-13-20(14-12-18)31-25(33)19-8-6-9-21(16-19)30-24-23(29)26(34)32(27(24)35)22-10-5-4-7-17(22)2/h4-14,16,30H,3,15H2,1-2H3,(H,31,33). The number of hydrogen-bond donors (Lipinski definition) is 2. The van der Waals surface area contributed by atoms with Crippen LogP contribution in [0.3, 0.4) is 0 Å². The molecule has 2 N–H and O–H groups in total. The minimum atomic E-state index is -0.626. The molecular weight excluding hydrogens is 494 g/mol. The average molecular weight is 518 g/mol. The predicted octanol–water partition coefficient (Wildman–Crippen LogP) is 5.25. The van der Waals surface area contributed by atoms with Crippen molar-refractivity contribution in [3.63, 3.8) is 0 Å². The summed E-state index contributed by atoms with van der Waals surface area (Å²) in [4.78, 5) is 51.6. The number of benzene rings is 3. The fourth-order valence-electron chi connectivity index (χ4n) is 3.70. The molecular formula is C28H24ClN3O5. The minimum absolute atomic E-state index is 0.0713. The lowest BCUT2D eigenvalue weighted by Crippen LogP contribution is -2.32. The van der Waals surface area contributed by atoms with Crippen molar-refractivity contribution in [2.45, 2.75) is 20.3 Å².